The highest BCUT2D eigenvalue weighted by Gasteiger charge is 2.27. The normalized spacial score (nSPS) is 21.4. The molecular formula is C13H25NO3. The summed E-state index contributed by atoms with van der Waals surface area (Å²) < 4.78 is 10.8. The molecule has 1 atom stereocenters. The second-order valence-electron chi connectivity index (χ2n) is 5.59. The number of piperidine rings is 1. The van der Waals surface area contributed by atoms with Gasteiger partial charge in [0.05, 0.1) is 6.61 Å². The number of ether oxygens (including phenoxy) is 2. The highest BCUT2D eigenvalue weighted by atomic mass is 16.6. The third kappa shape index (κ3) is 5.39. The maximum absolute atomic E-state index is 11.9. The third-order valence-corrected chi connectivity index (χ3v) is 2.73. The lowest BCUT2D eigenvalue weighted by Gasteiger charge is -2.33. The Bertz CT molecular complexity index is 248. The van der Waals surface area contributed by atoms with E-state index < -0.39 is 5.60 Å². The van der Waals surface area contributed by atoms with Gasteiger partial charge in [-0.25, -0.2) is 4.79 Å². The minimum absolute atomic E-state index is 0.196. The maximum atomic E-state index is 11.9. The Morgan fingerprint density at radius 1 is 1.41 bits per heavy atom. The van der Waals surface area contributed by atoms with Crippen LogP contribution in [0.25, 0.3) is 0 Å². The Balaban J connectivity index is 2.40. The van der Waals surface area contributed by atoms with Gasteiger partial charge in [-0.3, -0.25) is 0 Å². The smallest absolute Gasteiger partial charge is 0.410 e. The van der Waals surface area contributed by atoms with E-state index in [1.54, 1.807) is 4.90 Å². The van der Waals surface area contributed by atoms with Gasteiger partial charge in [0.25, 0.3) is 0 Å². The van der Waals surface area contributed by atoms with Crippen LogP contribution in [0.2, 0.25) is 0 Å². The van der Waals surface area contributed by atoms with Gasteiger partial charge in [0.15, 0.2) is 0 Å². The van der Waals surface area contributed by atoms with E-state index >= 15 is 0 Å². The summed E-state index contributed by atoms with van der Waals surface area (Å²) in [6, 6.07) is 0. The summed E-state index contributed by atoms with van der Waals surface area (Å²) in [6.45, 7) is 10.7. The Morgan fingerprint density at radius 2 is 2.12 bits per heavy atom. The number of hydrogen-bond donors (Lipinski definition) is 0. The first-order valence-corrected chi connectivity index (χ1v) is 6.48. The van der Waals surface area contributed by atoms with Crippen molar-refractivity contribution < 1.29 is 14.3 Å². The molecule has 0 radical (unpaired) electrons. The zero-order valence-electron chi connectivity index (χ0n) is 11.5. The van der Waals surface area contributed by atoms with Crippen molar-refractivity contribution in [3.8, 4) is 0 Å². The molecule has 0 aromatic heterocycles. The van der Waals surface area contributed by atoms with Crippen molar-refractivity contribution in [2.24, 2.45) is 5.92 Å². The predicted octanol–water partition coefficient (Wildman–Crippen LogP) is 2.67. The first kappa shape index (κ1) is 14.3. The molecule has 100 valence electrons. The lowest BCUT2D eigenvalue weighted by atomic mass is 9.99. The molecule has 0 N–H and O–H groups in total. The van der Waals surface area contributed by atoms with E-state index in [1.807, 2.05) is 27.7 Å². The number of hydrogen-bond acceptors (Lipinski definition) is 3. The Hall–Kier alpha value is -0.770. The van der Waals surface area contributed by atoms with E-state index in [0.29, 0.717) is 5.92 Å². The maximum Gasteiger partial charge on any atom is 0.410 e. The third-order valence-electron chi connectivity index (χ3n) is 2.73. The van der Waals surface area contributed by atoms with Crippen molar-refractivity contribution in [1.29, 1.82) is 0 Å². The monoisotopic (exact) mass is 243 g/mol. The van der Waals surface area contributed by atoms with Gasteiger partial charge < -0.3 is 14.4 Å². The second kappa shape index (κ2) is 6.24. The van der Waals surface area contributed by atoms with Crippen LogP contribution in [0.4, 0.5) is 4.79 Å². The molecular weight excluding hydrogens is 218 g/mol. The van der Waals surface area contributed by atoms with Crippen molar-refractivity contribution in [3.05, 3.63) is 0 Å². The first-order valence-electron chi connectivity index (χ1n) is 6.48. The van der Waals surface area contributed by atoms with Crippen molar-refractivity contribution >= 4 is 6.09 Å². The highest BCUT2D eigenvalue weighted by molar-refractivity contribution is 5.68. The summed E-state index contributed by atoms with van der Waals surface area (Å²) in [6.07, 6.45) is 1.98. The summed E-state index contributed by atoms with van der Waals surface area (Å²) in [4.78, 5) is 13.7. The number of carbonyl (C=O) groups is 1. The fourth-order valence-electron chi connectivity index (χ4n) is 1.98. The van der Waals surface area contributed by atoms with Crippen LogP contribution in [0.15, 0.2) is 0 Å². The molecule has 4 nitrogen and oxygen atoms in total. The SMILES string of the molecule is CCOCC1CCCN(C(=O)OC(C)(C)C)C1. The topological polar surface area (TPSA) is 38.8 Å². The van der Waals surface area contributed by atoms with Crippen LogP contribution in [0.3, 0.4) is 0 Å². The van der Waals surface area contributed by atoms with Crippen LogP contribution in [-0.4, -0.2) is 42.9 Å². The summed E-state index contributed by atoms with van der Waals surface area (Å²) in [5.41, 5.74) is -0.413. The van der Waals surface area contributed by atoms with Crippen LogP contribution in [0.1, 0.15) is 40.5 Å². The zero-order valence-corrected chi connectivity index (χ0v) is 11.5. The van der Waals surface area contributed by atoms with E-state index in [9.17, 15) is 4.79 Å². The molecule has 17 heavy (non-hydrogen) atoms. The van der Waals surface area contributed by atoms with Gasteiger partial charge in [-0.15, -0.1) is 0 Å². The molecule has 0 bridgehead atoms. The average Bonchev–Trinajstić information content (AvgIpc) is 2.24. The quantitative estimate of drug-likeness (QED) is 0.765. The van der Waals surface area contributed by atoms with Crippen molar-refractivity contribution in [2.45, 2.75) is 46.1 Å². The van der Waals surface area contributed by atoms with E-state index in [2.05, 4.69) is 0 Å². The number of carbonyl (C=O) groups excluding carboxylic acids is 1. The molecule has 0 aromatic carbocycles. The van der Waals surface area contributed by atoms with Crippen LogP contribution in [0, 0.1) is 5.92 Å². The van der Waals surface area contributed by atoms with E-state index in [0.717, 1.165) is 39.1 Å². The fraction of sp³-hybridized carbons (Fsp3) is 0.923. The summed E-state index contributed by atoms with van der Waals surface area (Å²) >= 11 is 0. The van der Waals surface area contributed by atoms with Gasteiger partial charge in [-0.1, -0.05) is 0 Å². The number of amides is 1. The predicted molar refractivity (Wildman–Crippen MR) is 67.0 cm³/mol. The van der Waals surface area contributed by atoms with Crippen molar-refractivity contribution in [3.63, 3.8) is 0 Å². The molecule has 1 aliphatic heterocycles. The Labute approximate surface area is 104 Å². The van der Waals surface area contributed by atoms with Crippen LogP contribution in [0.5, 0.6) is 0 Å². The van der Waals surface area contributed by atoms with Gasteiger partial charge in [0.2, 0.25) is 0 Å². The lowest BCUT2D eigenvalue weighted by Crippen LogP contribution is -2.43. The zero-order chi connectivity index (χ0) is 12.9. The van der Waals surface area contributed by atoms with Gasteiger partial charge in [0.1, 0.15) is 5.60 Å². The van der Waals surface area contributed by atoms with Gasteiger partial charge in [-0.2, -0.15) is 0 Å². The molecule has 0 saturated carbocycles. The minimum atomic E-state index is -0.413. The highest BCUT2D eigenvalue weighted by Crippen LogP contribution is 2.19. The molecule has 1 rings (SSSR count). The van der Waals surface area contributed by atoms with Gasteiger partial charge in [-0.05, 0) is 40.5 Å². The number of likely N-dealkylation sites (tertiary alicyclic amines) is 1. The minimum Gasteiger partial charge on any atom is -0.444 e. The molecule has 1 saturated heterocycles. The molecule has 0 aliphatic carbocycles. The second-order valence-corrected chi connectivity index (χ2v) is 5.59. The molecule has 4 heteroatoms. The summed E-state index contributed by atoms with van der Waals surface area (Å²) in [7, 11) is 0. The molecule has 1 amide bonds. The Kier molecular flexibility index (Phi) is 5.25. The van der Waals surface area contributed by atoms with E-state index in [-0.39, 0.29) is 6.09 Å². The van der Waals surface area contributed by atoms with E-state index in [4.69, 9.17) is 9.47 Å². The van der Waals surface area contributed by atoms with Crippen LogP contribution in [-0.2, 0) is 9.47 Å². The molecule has 0 spiro atoms. The molecule has 1 unspecified atom stereocenters. The molecule has 1 aliphatic rings. The first-order chi connectivity index (χ1) is 7.92. The fourth-order valence-corrected chi connectivity index (χ4v) is 1.98. The van der Waals surface area contributed by atoms with Crippen LogP contribution >= 0.6 is 0 Å². The lowest BCUT2D eigenvalue weighted by molar-refractivity contribution is 0.00843. The molecule has 1 fully saturated rings. The van der Waals surface area contributed by atoms with Crippen LogP contribution < -0.4 is 0 Å². The molecule has 1 heterocycles. The van der Waals surface area contributed by atoms with Gasteiger partial charge in [0, 0.05) is 25.6 Å². The summed E-state index contributed by atoms with van der Waals surface area (Å²) in [5, 5.41) is 0. The van der Waals surface area contributed by atoms with Crippen molar-refractivity contribution in [2.75, 3.05) is 26.3 Å². The summed E-state index contributed by atoms with van der Waals surface area (Å²) in [5.74, 6) is 0.455. The average molecular weight is 243 g/mol. The number of nitrogens with zero attached hydrogens (tertiary/aromatic N) is 1. The number of rotatable bonds is 3. The van der Waals surface area contributed by atoms with Crippen molar-refractivity contribution in [1.82, 2.24) is 4.90 Å². The standard InChI is InChI=1S/C13H25NO3/c1-5-16-10-11-7-6-8-14(9-11)12(15)17-13(2,3)4/h11H,5-10H2,1-4H3. The van der Waals surface area contributed by atoms with E-state index in [1.165, 1.54) is 0 Å². The largest absolute Gasteiger partial charge is 0.444 e. The molecule has 0 aromatic rings. The van der Waals surface area contributed by atoms with Gasteiger partial charge >= 0.3 is 6.09 Å². The Morgan fingerprint density at radius 3 is 2.71 bits per heavy atom.